The average Bonchev–Trinajstić information content (AvgIpc) is 3.16. The molecule has 1 aliphatic carbocycles. The van der Waals surface area contributed by atoms with Gasteiger partial charge in [-0.1, -0.05) is 13.3 Å². The van der Waals surface area contributed by atoms with Crippen LogP contribution in [-0.2, 0) is 9.53 Å². The molecule has 110 valence electrons. The molecule has 0 aromatic carbocycles. The Morgan fingerprint density at radius 3 is 2.68 bits per heavy atom. The van der Waals surface area contributed by atoms with Gasteiger partial charge >= 0.3 is 12.0 Å². The van der Waals surface area contributed by atoms with Crippen molar-refractivity contribution in [1.82, 2.24) is 10.2 Å². The molecule has 19 heavy (non-hydrogen) atoms. The SMILES string of the molecule is CCCCOCCNC(=O)N(CC(=O)O)CC1CC1. The Morgan fingerprint density at radius 2 is 2.11 bits per heavy atom. The number of carboxylic acids is 1. The molecule has 2 N–H and O–H groups in total. The number of hydrogen-bond acceptors (Lipinski definition) is 3. The number of carbonyl (C=O) groups is 2. The summed E-state index contributed by atoms with van der Waals surface area (Å²) in [6.07, 6.45) is 4.27. The van der Waals surface area contributed by atoms with E-state index in [1.54, 1.807) is 0 Å². The van der Waals surface area contributed by atoms with E-state index in [0.29, 0.717) is 32.2 Å². The molecule has 1 fully saturated rings. The van der Waals surface area contributed by atoms with E-state index in [1.165, 1.54) is 4.90 Å². The number of amides is 2. The molecule has 0 aromatic rings. The molecule has 0 aromatic heterocycles. The Morgan fingerprint density at radius 1 is 1.37 bits per heavy atom. The van der Waals surface area contributed by atoms with Gasteiger partial charge in [-0.15, -0.1) is 0 Å². The van der Waals surface area contributed by atoms with Gasteiger partial charge in [-0.25, -0.2) is 4.79 Å². The summed E-state index contributed by atoms with van der Waals surface area (Å²) >= 11 is 0. The van der Waals surface area contributed by atoms with Gasteiger partial charge in [-0.05, 0) is 25.2 Å². The van der Waals surface area contributed by atoms with Crippen LogP contribution in [0.2, 0.25) is 0 Å². The predicted molar refractivity (Wildman–Crippen MR) is 71.1 cm³/mol. The van der Waals surface area contributed by atoms with Gasteiger partial charge < -0.3 is 20.1 Å². The number of carboxylic acid groups (broad SMARTS) is 1. The Bertz CT molecular complexity index is 292. The summed E-state index contributed by atoms with van der Waals surface area (Å²) < 4.78 is 5.33. The highest BCUT2D eigenvalue weighted by molar-refractivity contribution is 5.80. The smallest absolute Gasteiger partial charge is 0.323 e. The zero-order chi connectivity index (χ0) is 14.1. The molecule has 1 saturated carbocycles. The second-order valence-electron chi connectivity index (χ2n) is 4.92. The molecule has 0 radical (unpaired) electrons. The van der Waals surface area contributed by atoms with Crippen molar-refractivity contribution in [3.05, 3.63) is 0 Å². The Balaban J connectivity index is 2.17. The third-order valence-electron chi connectivity index (χ3n) is 2.95. The standard InChI is InChI=1S/C13H24N2O4/c1-2-3-7-19-8-6-14-13(18)15(10-12(16)17)9-11-4-5-11/h11H,2-10H2,1H3,(H,14,18)(H,16,17). The Kier molecular flexibility index (Phi) is 7.25. The summed E-state index contributed by atoms with van der Waals surface area (Å²) in [6.45, 7) is 3.98. The number of urea groups is 1. The van der Waals surface area contributed by atoms with Crippen LogP contribution in [0.3, 0.4) is 0 Å². The predicted octanol–water partition coefficient (Wildman–Crippen LogP) is 1.31. The van der Waals surface area contributed by atoms with Crippen molar-refractivity contribution >= 4 is 12.0 Å². The molecule has 0 saturated heterocycles. The van der Waals surface area contributed by atoms with Crippen molar-refractivity contribution in [3.63, 3.8) is 0 Å². The number of ether oxygens (including phenoxy) is 1. The normalized spacial score (nSPS) is 14.2. The quantitative estimate of drug-likeness (QED) is 0.588. The summed E-state index contributed by atoms with van der Waals surface area (Å²) in [4.78, 5) is 23.9. The van der Waals surface area contributed by atoms with Gasteiger partial charge in [-0.2, -0.15) is 0 Å². The van der Waals surface area contributed by atoms with Crippen LogP contribution in [0.5, 0.6) is 0 Å². The highest BCUT2D eigenvalue weighted by atomic mass is 16.5. The summed E-state index contributed by atoms with van der Waals surface area (Å²) in [5.74, 6) is -0.499. The molecule has 0 bridgehead atoms. The number of carbonyl (C=O) groups excluding carboxylic acids is 1. The monoisotopic (exact) mass is 272 g/mol. The van der Waals surface area contributed by atoms with Gasteiger partial charge in [0.05, 0.1) is 6.61 Å². The highest BCUT2D eigenvalue weighted by Gasteiger charge is 2.27. The van der Waals surface area contributed by atoms with Crippen LogP contribution in [-0.4, -0.2) is 54.9 Å². The fourth-order valence-corrected chi connectivity index (χ4v) is 1.69. The van der Waals surface area contributed by atoms with Crippen molar-refractivity contribution in [3.8, 4) is 0 Å². The maximum absolute atomic E-state index is 11.8. The molecule has 0 aliphatic heterocycles. The minimum atomic E-state index is -0.977. The molecule has 0 atom stereocenters. The zero-order valence-electron chi connectivity index (χ0n) is 11.6. The number of aliphatic carboxylic acids is 1. The van der Waals surface area contributed by atoms with E-state index in [9.17, 15) is 9.59 Å². The van der Waals surface area contributed by atoms with Crippen LogP contribution in [0.1, 0.15) is 32.6 Å². The number of unbranched alkanes of at least 4 members (excludes halogenated alkanes) is 1. The molecular weight excluding hydrogens is 248 g/mol. The van der Waals surface area contributed by atoms with Crippen LogP contribution in [0.4, 0.5) is 4.79 Å². The average molecular weight is 272 g/mol. The second kappa shape index (κ2) is 8.74. The fourth-order valence-electron chi connectivity index (χ4n) is 1.69. The summed E-state index contributed by atoms with van der Waals surface area (Å²) in [5.41, 5.74) is 0. The van der Waals surface area contributed by atoms with E-state index in [1.807, 2.05) is 0 Å². The molecule has 0 unspecified atom stereocenters. The Hall–Kier alpha value is -1.30. The van der Waals surface area contributed by atoms with Crippen molar-refractivity contribution < 1.29 is 19.4 Å². The summed E-state index contributed by atoms with van der Waals surface area (Å²) in [5, 5.41) is 11.5. The maximum Gasteiger partial charge on any atom is 0.323 e. The molecule has 2 amide bonds. The van der Waals surface area contributed by atoms with Crippen molar-refractivity contribution in [1.29, 1.82) is 0 Å². The van der Waals surface area contributed by atoms with Gasteiger partial charge in [0.1, 0.15) is 6.54 Å². The molecular formula is C13H24N2O4. The minimum absolute atomic E-state index is 0.237. The first-order valence-electron chi connectivity index (χ1n) is 6.95. The van der Waals surface area contributed by atoms with Crippen molar-refractivity contribution in [2.45, 2.75) is 32.6 Å². The van der Waals surface area contributed by atoms with E-state index in [0.717, 1.165) is 25.7 Å². The van der Waals surface area contributed by atoms with Crippen molar-refractivity contribution in [2.24, 2.45) is 5.92 Å². The number of rotatable bonds is 10. The number of nitrogens with zero attached hydrogens (tertiary/aromatic N) is 1. The van der Waals surface area contributed by atoms with Crippen LogP contribution in [0.25, 0.3) is 0 Å². The van der Waals surface area contributed by atoms with Crippen LogP contribution >= 0.6 is 0 Å². The third-order valence-corrected chi connectivity index (χ3v) is 2.95. The van der Waals surface area contributed by atoms with Gasteiger partial charge in [-0.3, -0.25) is 4.79 Å². The third kappa shape index (κ3) is 7.66. The van der Waals surface area contributed by atoms with Crippen molar-refractivity contribution in [2.75, 3.05) is 32.8 Å². The zero-order valence-corrected chi connectivity index (χ0v) is 11.6. The highest BCUT2D eigenvalue weighted by Crippen LogP contribution is 2.29. The lowest BCUT2D eigenvalue weighted by Crippen LogP contribution is -2.44. The van der Waals surface area contributed by atoms with Gasteiger partial charge in [0, 0.05) is 19.7 Å². The molecule has 0 heterocycles. The maximum atomic E-state index is 11.8. The molecule has 0 spiro atoms. The number of hydrogen-bond donors (Lipinski definition) is 2. The fraction of sp³-hybridized carbons (Fsp3) is 0.846. The minimum Gasteiger partial charge on any atom is -0.480 e. The first-order chi connectivity index (χ1) is 9.13. The van der Waals surface area contributed by atoms with Gasteiger partial charge in [0.2, 0.25) is 0 Å². The molecule has 1 rings (SSSR count). The summed E-state index contributed by atoms with van der Waals surface area (Å²) in [6, 6.07) is -0.312. The van der Waals surface area contributed by atoms with E-state index in [-0.39, 0.29) is 12.6 Å². The topological polar surface area (TPSA) is 78.9 Å². The van der Waals surface area contributed by atoms with E-state index in [4.69, 9.17) is 9.84 Å². The lowest BCUT2D eigenvalue weighted by molar-refractivity contribution is -0.137. The van der Waals surface area contributed by atoms with E-state index < -0.39 is 5.97 Å². The molecule has 6 nitrogen and oxygen atoms in total. The van der Waals surface area contributed by atoms with Crippen LogP contribution < -0.4 is 5.32 Å². The second-order valence-corrected chi connectivity index (χ2v) is 4.92. The first-order valence-corrected chi connectivity index (χ1v) is 6.95. The number of nitrogens with one attached hydrogen (secondary N) is 1. The lowest BCUT2D eigenvalue weighted by atomic mass is 10.3. The van der Waals surface area contributed by atoms with E-state index in [2.05, 4.69) is 12.2 Å². The summed E-state index contributed by atoms with van der Waals surface area (Å²) in [7, 11) is 0. The molecule has 1 aliphatic rings. The van der Waals surface area contributed by atoms with Crippen LogP contribution in [0.15, 0.2) is 0 Å². The Labute approximate surface area is 114 Å². The van der Waals surface area contributed by atoms with E-state index >= 15 is 0 Å². The van der Waals surface area contributed by atoms with Gasteiger partial charge in [0.25, 0.3) is 0 Å². The molecule has 6 heteroatoms. The van der Waals surface area contributed by atoms with Crippen LogP contribution in [0, 0.1) is 5.92 Å². The lowest BCUT2D eigenvalue weighted by Gasteiger charge is -2.21. The first kappa shape index (κ1) is 15.8. The largest absolute Gasteiger partial charge is 0.480 e. The van der Waals surface area contributed by atoms with Gasteiger partial charge in [0.15, 0.2) is 0 Å².